The zero-order chi connectivity index (χ0) is 25.9. The number of carbonyl (C=O) groups excluding carboxylic acids is 1. The van der Waals surface area contributed by atoms with E-state index in [1.54, 1.807) is 21.3 Å². The molecule has 4 unspecified atom stereocenters. The summed E-state index contributed by atoms with van der Waals surface area (Å²) in [6.45, 7) is 14.3. The maximum absolute atomic E-state index is 14.3. The third kappa shape index (κ3) is 4.72. The first-order valence-electron chi connectivity index (χ1n) is 12.4. The molecule has 0 aromatic rings. The first-order valence-corrected chi connectivity index (χ1v) is 12.4. The van der Waals surface area contributed by atoms with Crippen LogP contribution in [0.4, 0.5) is 0 Å². The Hall–Kier alpha value is -1.69. The number of allylic oxidation sites excluding steroid dienone is 7. The summed E-state index contributed by atoms with van der Waals surface area (Å²) < 4.78 is 18.5. The number of hydrogen-bond acceptors (Lipinski definition) is 5. The molecule has 5 nitrogen and oxygen atoms in total. The number of aliphatic hydroxyl groups is 1. The Morgan fingerprint density at radius 1 is 0.971 bits per heavy atom. The van der Waals surface area contributed by atoms with Crippen molar-refractivity contribution in [2.45, 2.75) is 92.5 Å². The number of ether oxygens (including phenoxy) is 3. The fourth-order valence-corrected chi connectivity index (χ4v) is 6.11. The Balaban J connectivity index is 2.90. The summed E-state index contributed by atoms with van der Waals surface area (Å²) in [4.78, 5) is 14.3. The van der Waals surface area contributed by atoms with Crippen molar-refractivity contribution >= 4 is 5.78 Å². The second-order valence-electron chi connectivity index (χ2n) is 11.0. The number of aliphatic hydroxyl groups excluding tert-OH is 1. The summed E-state index contributed by atoms with van der Waals surface area (Å²) in [6.07, 6.45) is 8.49. The minimum Gasteiger partial charge on any atom is -0.500 e. The summed E-state index contributed by atoms with van der Waals surface area (Å²) in [6, 6.07) is 0. The summed E-state index contributed by atoms with van der Waals surface area (Å²) >= 11 is 0. The molecule has 5 heteroatoms. The lowest BCUT2D eigenvalue weighted by atomic mass is 9.46. The van der Waals surface area contributed by atoms with E-state index in [9.17, 15) is 9.90 Å². The lowest BCUT2D eigenvalue weighted by molar-refractivity contribution is -0.347. The lowest BCUT2D eigenvalue weighted by Crippen LogP contribution is -2.72. The van der Waals surface area contributed by atoms with Gasteiger partial charge in [0.1, 0.15) is 5.76 Å². The molecule has 0 aromatic heterocycles. The lowest BCUT2D eigenvalue weighted by Gasteiger charge is -2.64. The average Bonchev–Trinajstić information content (AvgIpc) is 2.76. The van der Waals surface area contributed by atoms with Gasteiger partial charge in [-0.2, -0.15) is 0 Å². The van der Waals surface area contributed by atoms with Crippen molar-refractivity contribution in [1.29, 1.82) is 0 Å². The van der Waals surface area contributed by atoms with E-state index in [2.05, 4.69) is 32.1 Å². The molecule has 1 N–H and O–H groups in total. The number of rotatable bonds is 10. The molecule has 34 heavy (non-hydrogen) atoms. The van der Waals surface area contributed by atoms with Crippen LogP contribution >= 0.6 is 0 Å². The first kappa shape index (κ1) is 28.5. The largest absolute Gasteiger partial charge is 0.500 e. The minimum atomic E-state index is -1.26. The van der Waals surface area contributed by atoms with Crippen LogP contribution in [0.3, 0.4) is 0 Å². The molecule has 1 fully saturated rings. The smallest absolute Gasteiger partial charge is 0.191 e. The van der Waals surface area contributed by atoms with Crippen LogP contribution in [0.2, 0.25) is 0 Å². The van der Waals surface area contributed by atoms with Gasteiger partial charge in [-0.1, -0.05) is 41.9 Å². The highest BCUT2D eigenvalue weighted by Gasteiger charge is 2.74. The van der Waals surface area contributed by atoms with Crippen molar-refractivity contribution in [2.24, 2.45) is 16.7 Å². The van der Waals surface area contributed by atoms with E-state index in [-0.39, 0.29) is 5.78 Å². The van der Waals surface area contributed by atoms with E-state index in [0.717, 1.165) is 17.6 Å². The number of ketones is 1. The minimum absolute atomic E-state index is 0.0516. The number of fused-ring (bicyclic) bond motifs is 2. The van der Waals surface area contributed by atoms with Crippen molar-refractivity contribution in [1.82, 2.24) is 0 Å². The second kappa shape index (κ2) is 10.9. The van der Waals surface area contributed by atoms with Gasteiger partial charge in [-0.25, -0.2) is 0 Å². The molecule has 0 saturated heterocycles. The Morgan fingerprint density at radius 2 is 1.53 bits per heavy atom. The van der Waals surface area contributed by atoms with E-state index in [1.165, 1.54) is 5.57 Å². The van der Waals surface area contributed by atoms with Crippen molar-refractivity contribution in [3.8, 4) is 0 Å². The molecular formula is C29H46O5. The molecule has 0 heterocycles. The topological polar surface area (TPSA) is 65.0 Å². The van der Waals surface area contributed by atoms with Crippen LogP contribution in [0.1, 0.15) is 80.6 Å². The van der Waals surface area contributed by atoms with Crippen LogP contribution < -0.4 is 0 Å². The predicted molar refractivity (Wildman–Crippen MR) is 137 cm³/mol. The van der Waals surface area contributed by atoms with Gasteiger partial charge in [-0.05, 0) is 73.6 Å². The highest BCUT2D eigenvalue weighted by Crippen LogP contribution is 2.66. The first-order chi connectivity index (χ1) is 15.9. The molecule has 4 atom stereocenters. The van der Waals surface area contributed by atoms with Crippen molar-refractivity contribution < 1.29 is 24.1 Å². The van der Waals surface area contributed by atoms with E-state index < -0.39 is 28.6 Å². The monoisotopic (exact) mass is 474 g/mol. The summed E-state index contributed by atoms with van der Waals surface area (Å²) in [5.74, 6) is -1.40. The Morgan fingerprint density at radius 3 is 2.00 bits per heavy atom. The molecule has 0 aromatic carbocycles. The third-order valence-electron chi connectivity index (χ3n) is 7.90. The SMILES string of the molecule is COC1=C(CC=C(C)C)C(=O)C2C(C)(CCC=C(C)C)C(O)CC1(CC=C(C)C)C2(OC)OC. The van der Waals surface area contributed by atoms with Gasteiger partial charge < -0.3 is 19.3 Å². The number of carbonyl (C=O) groups is 1. The van der Waals surface area contributed by atoms with E-state index in [1.807, 2.05) is 34.6 Å². The van der Waals surface area contributed by atoms with Gasteiger partial charge in [0.05, 0.1) is 24.5 Å². The van der Waals surface area contributed by atoms with Gasteiger partial charge in [-0.3, -0.25) is 4.79 Å². The molecule has 0 amide bonds. The van der Waals surface area contributed by atoms with Gasteiger partial charge in [0.2, 0.25) is 0 Å². The Bertz CT molecular complexity index is 876. The molecular weight excluding hydrogens is 428 g/mol. The molecule has 0 aliphatic heterocycles. The quantitative estimate of drug-likeness (QED) is 0.298. The predicted octanol–water partition coefficient (Wildman–Crippen LogP) is 6.29. The number of hydrogen-bond donors (Lipinski definition) is 1. The van der Waals surface area contributed by atoms with Crippen LogP contribution in [-0.4, -0.2) is 44.1 Å². The zero-order valence-electron chi connectivity index (χ0n) is 23.0. The fourth-order valence-electron chi connectivity index (χ4n) is 6.11. The normalized spacial score (nSPS) is 30.0. The van der Waals surface area contributed by atoms with Gasteiger partial charge in [-0.15, -0.1) is 0 Å². The third-order valence-corrected chi connectivity index (χ3v) is 7.90. The fraction of sp³-hybridized carbons (Fsp3) is 0.690. The van der Waals surface area contributed by atoms with Crippen molar-refractivity contribution in [3.63, 3.8) is 0 Å². The molecule has 0 radical (unpaired) electrons. The summed E-state index contributed by atoms with van der Waals surface area (Å²) in [5, 5.41) is 11.7. The van der Waals surface area contributed by atoms with Gasteiger partial charge in [0.25, 0.3) is 0 Å². The van der Waals surface area contributed by atoms with Gasteiger partial charge >= 0.3 is 0 Å². The van der Waals surface area contributed by atoms with E-state index >= 15 is 0 Å². The van der Waals surface area contributed by atoms with E-state index in [4.69, 9.17) is 14.2 Å². The average molecular weight is 475 g/mol. The zero-order valence-corrected chi connectivity index (χ0v) is 23.0. The molecule has 1 saturated carbocycles. The van der Waals surface area contributed by atoms with Crippen LogP contribution in [0.25, 0.3) is 0 Å². The number of methoxy groups -OCH3 is 3. The Kier molecular flexibility index (Phi) is 9.17. The van der Waals surface area contributed by atoms with Gasteiger partial charge in [0, 0.05) is 25.2 Å². The van der Waals surface area contributed by atoms with Crippen LogP contribution in [0.5, 0.6) is 0 Å². The van der Waals surface area contributed by atoms with Crippen LogP contribution in [0.15, 0.2) is 46.3 Å². The molecule has 2 aliphatic rings. The standard InChI is InChI=1S/C29H46O5/c1-19(2)12-11-16-27(7)23(30)18-28(17-15-21(5)6)26(32-8)22(14-13-20(3)4)24(31)25(27)29(28,33-9)34-10/h12-13,15,23,25,30H,11,14,16-18H2,1-10H3. The van der Waals surface area contributed by atoms with Crippen molar-refractivity contribution in [3.05, 3.63) is 46.3 Å². The number of Topliss-reactive ketones (excluding diaryl/α,β-unsaturated/α-hetero) is 1. The maximum Gasteiger partial charge on any atom is 0.191 e. The molecule has 2 rings (SSSR count). The highest BCUT2D eigenvalue weighted by molar-refractivity contribution is 6.01. The van der Waals surface area contributed by atoms with Crippen LogP contribution in [-0.2, 0) is 19.0 Å². The van der Waals surface area contributed by atoms with Crippen LogP contribution in [0, 0.1) is 16.7 Å². The summed E-state index contributed by atoms with van der Waals surface area (Å²) in [7, 11) is 4.84. The highest BCUT2D eigenvalue weighted by atomic mass is 16.7. The molecule has 2 aliphatic carbocycles. The van der Waals surface area contributed by atoms with Crippen molar-refractivity contribution in [2.75, 3.05) is 21.3 Å². The molecule has 192 valence electrons. The van der Waals surface area contributed by atoms with E-state index in [0.29, 0.717) is 37.0 Å². The molecule has 2 bridgehead atoms. The van der Waals surface area contributed by atoms with Gasteiger partial charge in [0.15, 0.2) is 11.6 Å². The summed E-state index contributed by atoms with van der Waals surface area (Å²) in [5.41, 5.74) is 2.62. The molecule has 0 spiro atoms. The second-order valence-corrected chi connectivity index (χ2v) is 11.0. The Labute approximate surface area is 206 Å². The maximum atomic E-state index is 14.3.